The van der Waals surface area contributed by atoms with Gasteiger partial charge in [-0.2, -0.15) is 0 Å². The van der Waals surface area contributed by atoms with E-state index in [1.165, 1.54) is 12.3 Å². The summed E-state index contributed by atoms with van der Waals surface area (Å²) in [6.07, 6.45) is 1.49. The average molecular weight is 219 g/mol. The number of carbonyl (C=O) groups is 1. The maximum atomic E-state index is 11.8. The van der Waals surface area contributed by atoms with Crippen molar-refractivity contribution >= 4 is 5.91 Å². The van der Waals surface area contributed by atoms with Gasteiger partial charge in [0.1, 0.15) is 0 Å². The van der Waals surface area contributed by atoms with E-state index in [4.69, 9.17) is 0 Å². The molecule has 1 aromatic heterocycles. The quantitative estimate of drug-likeness (QED) is 0.617. The van der Waals surface area contributed by atoms with Gasteiger partial charge < -0.3 is 15.6 Å². The molecule has 5 heteroatoms. The van der Waals surface area contributed by atoms with E-state index in [0.29, 0.717) is 23.4 Å². The minimum Gasteiger partial charge on any atom is -0.349 e. The first kappa shape index (κ1) is 9.59. The first-order valence-electron chi connectivity index (χ1n) is 5.46. The van der Waals surface area contributed by atoms with Gasteiger partial charge in [0.2, 0.25) is 5.56 Å². The Hall–Kier alpha value is -1.62. The largest absolute Gasteiger partial charge is 0.349 e. The van der Waals surface area contributed by atoms with Crippen molar-refractivity contribution in [1.82, 2.24) is 15.6 Å². The van der Waals surface area contributed by atoms with Gasteiger partial charge in [0, 0.05) is 37.0 Å². The van der Waals surface area contributed by atoms with Crippen molar-refractivity contribution < 1.29 is 4.79 Å². The Balaban J connectivity index is 1.68. The number of piperidine rings is 1. The fourth-order valence-electron chi connectivity index (χ4n) is 2.45. The summed E-state index contributed by atoms with van der Waals surface area (Å²) in [5.41, 5.74) is 0.187. The van der Waals surface area contributed by atoms with Crippen molar-refractivity contribution in [2.24, 2.45) is 11.8 Å². The summed E-state index contributed by atoms with van der Waals surface area (Å²) in [5, 5.41) is 6.24. The molecule has 2 aliphatic rings. The molecule has 1 saturated heterocycles. The molecule has 0 aromatic carbocycles. The Bertz CT molecular complexity index is 472. The molecule has 2 fully saturated rings. The average Bonchev–Trinajstić information content (AvgIpc) is 2.74. The maximum absolute atomic E-state index is 11.8. The molecule has 2 heterocycles. The van der Waals surface area contributed by atoms with Crippen LogP contribution in [0.15, 0.2) is 23.1 Å². The van der Waals surface area contributed by atoms with Crippen LogP contribution in [0.25, 0.3) is 0 Å². The van der Waals surface area contributed by atoms with Crippen molar-refractivity contribution in [2.45, 2.75) is 6.04 Å². The maximum Gasteiger partial charge on any atom is 0.251 e. The summed E-state index contributed by atoms with van der Waals surface area (Å²) < 4.78 is 0. The van der Waals surface area contributed by atoms with Crippen molar-refractivity contribution in [3.8, 4) is 0 Å². The Morgan fingerprint density at radius 1 is 1.38 bits per heavy atom. The van der Waals surface area contributed by atoms with E-state index in [1.54, 1.807) is 6.07 Å². The number of amides is 1. The van der Waals surface area contributed by atoms with E-state index < -0.39 is 0 Å². The molecular formula is C11H13N3O2. The van der Waals surface area contributed by atoms with E-state index in [2.05, 4.69) is 15.6 Å². The van der Waals surface area contributed by atoms with Gasteiger partial charge in [-0.15, -0.1) is 0 Å². The van der Waals surface area contributed by atoms with E-state index in [-0.39, 0.29) is 11.5 Å². The van der Waals surface area contributed by atoms with Crippen LogP contribution in [-0.4, -0.2) is 30.0 Å². The van der Waals surface area contributed by atoms with Gasteiger partial charge in [0.15, 0.2) is 0 Å². The Kier molecular flexibility index (Phi) is 2.07. The van der Waals surface area contributed by atoms with Crippen LogP contribution in [0.1, 0.15) is 10.4 Å². The highest BCUT2D eigenvalue weighted by Gasteiger charge is 2.53. The molecule has 2 unspecified atom stereocenters. The lowest BCUT2D eigenvalue weighted by atomic mass is 10.2. The van der Waals surface area contributed by atoms with Gasteiger partial charge >= 0.3 is 0 Å². The lowest BCUT2D eigenvalue weighted by molar-refractivity contribution is 0.0946. The molecule has 84 valence electrons. The van der Waals surface area contributed by atoms with Crippen molar-refractivity contribution in [3.05, 3.63) is 34.2 Å². The molecule has 1 aromatic rings. The second-order valence-corrected chi connectivity index (χ2v) is 4.43. The molecule has 2 atom stereocenters. The number of carbonyl (C=O) groups excluding carboxylic acids is 1. The van der Waals surface area contributed by atoms with E-state index in [1.807, 2.05) is 0 Å². The lowest BCUT2D eigenvalue weighted by Gasteiger charge is -2.07. The molecule has 16 heavy (non-hydrogen) atoms. The van der Waals surface area contributed by atoms with Crippen LogP contribution in [0.3, 0.4) is 0 Å². The third-order valence-electron chi connectivity index (χ3n) is 3.43. The van der Waals surface area contributed by atoms with E-state index >= 15 is 0 Å². The number of hydrogen-bond donors (Lipinski definition) is 3. The highest BCUT2D eigenvalue weighted by atomic mass is 16.2. The summed E-state index contributed by atoms with van der Waals surface area (Å²) in [6, 6.07) is 3.24. The number of H-pyrrole nitrogens is 1. The van der Waals surface area contributed by atoms with Crippen LogP contribution in [0.2, 0.25) is 0 Å². The number of aromatic nitrogens is 1. The molecule has 1 aliphatic carbocycles. The summed E-state index contributed by atoms with van der Waals surface area (Å²) in [6.45, 7) is 1.98. The lowest BCUT2D eigenvalue weighted by Crippen LogP contribution is -2.32. The number of hydrogen-bond acceptors (Lipinski definition) is 3. The summed E-state index contributed by atoms with van der Waals surface area (Å²) in [5.74, 6) is 1.03. The molecule has 0 radical (unpaired) electrons. The van der Waals surface area contributed by atoms with Crippen LogP contribution in [0, 0.1) is 11.8 Å². The molecule has 1 amide bonds. The van der Waals surface area contributed by atoms with E-state index in [9.17, 15) is 9.59 Å². The normalized spacial score (nSPS) is 30.9. The highest BCUT2D eigenvalue weighted by molar-refractivity contribution is 5.94. The summed E-state index contributed by atoms with van der Waals surface area (Å²) >= 11 is 0. The van der Waals surface area contributed by atoms with Crippen LogP contribution in [-0.2, 0) is 0 Å². The minimum absolute atomic E-state index is 0.148. The minimum atomic E-state index is -0.245. The predicted octanol–water partition coefficient (Wildman–Crippen LogP) is -0.678. The summed E-state index contributed by atoms with van der Waals surface area (Å²) in [4.78, 5) is 25.3. The summed E-state index contributed by atoms with van der Waals surface area (Å²) in [7, 11) is 0. The van der Waals surface area contributed by atoms with Crippen molar-refractivity contribution in [2.75, 3.05) is 13.1 Å². The highest BCUT2D eigenvalue weighted by Crippen LogP contribution is 2.41. The first-order chi connectivity index (χ1) is 7.75. The van der Waals surface area contributed by atoms with Crippen LogP contribution in [0.4, 0.5) is 0 Å². The monoisotopic (exact) mass is 219 g/mol. The van der Waals surface area contributed by atoms with Crippen LogP contribution in [0.5, 0.6) is 0 Å². The molecule has 0 bridgehead atoms. The Morgan fingerprint density at radius 2 is 2.12 bits per heavy atom. The number of pyridine rings is 1. The van der Waals surface area contributed by atoms with Gasteiger partial charge in [-0.05, 0) is 17.9 Å². The Morgan fingerprint density at radius 3 is 2.81 bits per heavy atom. The zero-order chi connectivity index (χ0) is 11.1. The van der Waals surface area contributed by atoms with Crippen LogP contribution < -0.4 is 16.2 Å². The van der Waals surface area contributed by atoms with Gasteiger partial charge in [0.05, 0.1) is 0 Å². The van der Waals surface area contributed by atoms with Crippen molar-refractivity contribution in [3.63, 3.8) is 0 Å². The van der Waals surface area contributed by atoms with Gasteiger partial charge in [-0.25, -0.2) is 0 Å². The number of fused-ring (bicyclic) bond motifs is 1. The topological polar surface area (TPSA) is 74.0 Å². The molecule has 3 N–H and O–H groups in total. The molecule has 1 saturated carbocycles. The number of aromatic amines is 1. The zero-order valence-corrected chi connectivity index (χ0v) is 8.69. The molecular weight excluding hydrogens is 206 g/mol. The van der Waals surface area contributed by atoms with Crippen LogP contribution >= 0.6 is 0 Å². The molecule has 1 aliphatic heterocycles. The smallest absolute Gasteiger partial charge is 0.251 e. The SMILES string of the molecule is O=C(NC1C2CNCC21)c1cc[nH]c(=O)c1. The van der Waals surface area contributed by atoms with E-state index in [0.717, 1.165) is 13.1 Å². The first-order valence-corrected chi connectivity index (χ1v) is 5.46. The Labute approximate surface area is 92.3 Å². The number of nitrogens with one attached hydrogen (secondary N) is 3. The zero-order valence-electron chi connectivity index (χ0n) is 8.69. The van der Waals surface area contributed by atoms with Gasteiger partial charge in [-0.1, -0.05) is 0 Å². The molecule has 0 spiro atoms. The third kappa shape index (κ3) is 1.53. The molecule has 3 rings (SSSR count). The van der Waals surface area contributed by atoms with Crippen molar-refractivity contribution in [1.29, 1.82) is 0 Å². The number of rotatable bonds is 2. The third-order valence-corrected chi connectivity index (χ3v) is 3.43. The standard InChI is InChI=1S/C11H13N3O2/c15-9-3-6(1-2-13-9)11(16)14-10-7-4-12-5-8(7)10/h1-3,7-8,10,12H,4-5H2,(H,13,15)(H,14,16). The van der Waals surface area contributed by atoms with Gasteiger partial charge in [0.25, 0.3) is 5.91 Å². The fraction of sp³-hybridized carbons (Fsp3) is 0.455. The fourth-order valence-corrected chi connectivity index (χ4v) is 2.45. The van der Waals surface area contributed by atoms with Gasteiger partial charge in [-0.3, -0.25) is 9.59 Å². The predicted molar refractivity (Wildman–Crippen MR) is 58.2 cm³/mol. The second kappa shape index (κ2) is 3.45. The molecule has 5 nitrogen and oxygen atoms in total. The second-order valence-electron chi connectivity index (χ2n) is 4.43.